The number of likely N-dealkylation sites (N-methyl/N-ethyl adjacent to an activating group) is 1. The SMILES string of the molecule is CCOC(=O)c1cc(S(=O)(=O)N(C)CC(=O)Nc2cccc(OC)c2)cn1C. The van der Waals surface area contributed by atoms with E-state index in [1.165, 1.54) is 31.0 Å². The number of sulfonamides is 1. The molecule has 10 heteroatoms. The Morgan fingerprint density at radius 3 is 2.61 bits per heavy atom. The van der Waals surface area contributed by atoms with Crippen molar-refractivity contribution in [2.75, 3.05) is 32.6 Å². The Morgan fingerprint density at radius 1 is 1.25 bits per heavy atom. The first-order valence-electron chi connectivity index (χ1n) is 8.42. The highest BCUT2D eigenvalue weighted by Gasteiger charge is 2.26. The fourth-order valence-corrected chi connectivity index (χ4v) is 3.65. The second-order valence-corrected chi connectivity index (χ2v) is 7.98. The van der Waals surface area contributed by atoms with Crippen molar-refractivity contribution in [3.05, 3.63) is 42.2 Å². The van der Waals surface area contributed by atoms with Gasteiger partial charge in [0, 0.05) is 32.0 Å². The molecule has 0 bridgehead atoms. The van der Waals surface area contributed by atoms with Crippen LogP contribution in [0.4, 0.5) is 5.69 Å². The molecule has 28 heavy (non-hydrogen) atoms. The number of carbonyl (C=O) groups excluding carboxylic acids is 2. The van der Waals surface area contributed by atoms with E-state index in [4.69, 9.17) is 9.47 Å². The number of aryl methyl sites for hydroxylation is 1. The summed E-state index contributed by atoms with van der Waals surface area (Å²) in [6, 6.07) is 7.94. The minimum atomic E-state index is -3.97. The zero-order valence-corrected chi connectivity index (χ0v) is 16.9. The number of rotatable bonds is 8. The van der Waals surface area contributed by atoms with Crippen molar-refractivity contribution in [3.8, 4) is 5.75 Å². The minimum Gasteiger partial charge on any atom is -0.497 e. The van der Waals surface area contributed by atoms with Gasteiger partial charge in [0.1, 0.15) is 16.3 Å². The number of anilines is 1. The van der Waals surface area contributed by atoms with Gasteiger partial charge in [-0.05, 0) is 25.1 Å². The number of nitrogens with one attached hydrogen (secondary N) is 1. The summed E-state index contributed by atoms with van der Waals surface area (Å²) in [6.07, 6.45) is 1.30. The number of benzene rings is 1. The molecule has 0 unspecified atom stereocenters. The van der Waals surface area contributed by atoms with Crippen molar-refractivity contribution < 1.29 is 27.5 Å². The van der Waals surface area contributed by atoms with Gasteiger partial charge in [0.05, 0.1) is 20.3 Å². The highest BCUT2D eigenvalue weighted by Crippen LogP contribution is 2.19. The zero-order chi connectivity index (χ0) is 20.9. The van der Waals surface area contributed by atoms with E-state index in [0.717, 1.165) is 4.31 Å². The molecule has 1 N–H and O–H groups in total. The number of methoxy groups -OCH3 is 1. The van der Waals surface area contributed by atoms with Crippen molar-refractivity contribution in [2.24, 2.45) is 7.05 Å². The number of carbonyl (C=O) groups is 2. The van der Waals surface area contributed by atoms with Crippen LogP contribution < -0.4 is 10.1 Å². The Balaban J connectivity index is 2.12. The van der Waals surface area contributed by atoms with Crippen LogP contribution in [0.25, 0.3) is 0 Å². The van der Waals surface area contributed by atoms with Gasteiger partial charge in [0.2, 0.25) is 15.9 Å². The molecule has 1 heterocycles. The summed E-state index contributed by atoms with van der Waals surface area (Å²) in [5, 5.41) is 2.62. The van der Waals surface area contributed by atoms with Crippen LogP contribution in [0.1, 0.15) is 17.4 Å². The highest BCUT2D eigenvalue weighted by molar-refractivity contribution is 7.89. The average molecular weight is 409 g/mol. The van der Waals surface area contributed by atoms with Crippen molar-refractivity contribution in [3.63, 3.8) is 0 Å². The Morgan fingerprint density at radius 2 is 1.96 bits per heavy atom. The second-order valence-electron chi connectivity index (χ2n) is 5.93. The lowest BCUT2D eigenvalue weighted by molar-refractivity contribution is -0.116. The van der Waals surface area contributed by atoms with Crippen LogP contribution in [-0.4, -0.2) is 56.5 Å². The molecule has 0 radical (unpaired) electrons. The molecule has 0 saturated carbocycles. The molecule has 2 aromatic rings. The smallest absolute Gasteiger partial charge is 0.354 e. The fraction of sp³-hybridized carbons (Fsp3) is 0.333. The summed E-state index contributed by atoms with van der Waals surface area (Å²) in [6.45, 7) is 1.44. The summed E-state index contributed by atoms with van der Waals surface area (Å²) in [7, 11) is 0.367. The molecule has 0 aliphatic rings. The van der Waals surface area contributed by atoms with Gasteiger partial charge in [-0.15, -0.1) is 0 Å². The third-order valence-corrected chi connectivity index (χ3v) is 5.66. The van der Waals surface area contributed by atoms with Gasteiger partial charge in [-0.1, -0.05) is 6.07 Å². The van der Waals surface area contributed by atoms with Crippen molar-refractivity contribution >= 4 is 27.6 Å². The van der Waals surface area contributed by atoms with E-state index in [2.05, 4.69) is 5.32 Å². The van der Waals surface area contributed by atoms with Crippen molar-refractivity contribution in [2.45, 2.75) is 11.8 Å². The first-order valence-corrected chi connectivity index (χ1v) is 9.86. The second kappa shape index (κ2) is 8.89. The lowest BCUT2D eigenvalue weighted by atomic mass is 10.3. The molecular weight excluding hydrogens is 386 g/mol. The number of ether oxygens (including phenoxy) is 2. The van der Waals surface area contributed by atoms with Crippen LogP contribution in [0.3, 0.4) is 0 Å². The molecule has 1 aromatic carbocycles. The van der Waals surface area contributed by atoms with Gasteiger partial charge in [0.25, 0.3) is 0 Å². The summed E-state index contributed by atoms with van der Waals surface area (Å²) in [5.74, 6) is -0.569. The quantitative estimate of drug-likeness (QED) is 0.662. The normalized spacial score (nSPS) is 11.3. The maximum Gasteiger partial charge on any atom is 0.354 e. The van der Waals surface area contributed by atoms with Crippen LogP contribution in [0.5, 0.6) is 5.75 Å². The van der Waals surface area contributed by atoms with Crippen molar-refractivity contribution in [1.29, 1.82) is 0 Å². The minimum absolute atomic E-state index is 0.102. The average Bonchev–Trinajstić information content (AvgIpc) is 3.04. The van der Waals surface area contributed by atoms with E-state index >= 15 is 0 Å². The van der Waals surface area contributed by atoms with E-state index in [1.807, 2.05) is 0 Å². The Labute approximate surface area is 163 Å². The van der Waals surface area contributed by atoms with Gasteiger partial charge in [-0.3, -0.25) is 4.79 Å². The van der Waals surface area contributed by atoms with Crippen LogP contribution in [0.2, 0.25) is 0 Å². The maximum atomic E-state index is 12.7. The Hall–Kier alpha value is -2.85. The standard InChI is InChI=1S/C18H23N3O6S/c1-5-27-18(23)16-10-15(11-20(16)2)28(24,25)21(3)12-17(22)19-13-7-6-8-14(9-13)26-4/h6-11H,5,12H2,1-4H3,(H,19,22). The summed E-state index contributed by atoms with van der Waals surface area (Å²) >= 11 is 0. The van der Waals surface area contributed by atoms with Crippen LogP contribution in [-0.2, 0) is 26.6 Å². The van der Waals surface area contributed by atoms with Crippen LogP contribution in [0, 0.1) is 0 Å². The molecule has 0 fully saturated rings. The molecule has 0 aliphatic heterocycles. The van der Waals surface area contributed by atoms with Gasteiger partial charge < -0.3 is 19.4 Å². The molecule has 1 aromatic heterocycles. The first-order chi connectivity index (χ1) is 13.2. The van der Waals surface area contributed by atoms with Gasteiger partial charge in [0.15, 0.2) is 0 Å². The third kappa shape index (κ3) is 4.90. The molecular formula is C18H23N3O6S. The number of aromatic nitrogens is 1. The third-order valence-electron chi connectivity index (χ3n) is 3.89. The highest BCUT2D eigenvalue weighted by atomic mass is 32.2. The number of esters is 1. The number of amides is 1. The zero-order valence-electron chi connectivity index (χ0n) is 16.1. The lowest BCUT2D eigenvalue weighted by Gasteiger charge is -2.16. The van der Waals surface area contributed by atoms with Crippen molar-refractivity contribution in [1.82, 2.24) is 8.87 Å². The first kappa shape index (κ1) is 21.5. The number of hydrogen-bond acceptors (Lipinski definition) is 6. The van der Waals surface area contributed by atoms with E-state index < -0.39 is 28.4 Å². The predicted octanol–water partition coefficient (Wildman–Crippen LogP) is 1.47. The lowest BCUT2D eigenvalue weighted by Crippen LogP contribution is -2.34. The number of nitrogens with zero attached hydrogens (tertiary/aromatic N) is 2. The molecule has 0 spiro atoms. The van der Waals surface area contributed by atoms with E-state index in [1.54, 1.807) is 38.2 Å². The predicted molar refractivity (Wildman–Crippen MR) is 103 cm³/mol. The number of hydrogen-bond donors (Lipinski definition) is 1. The molecule has 0 atom stereocenters. The van der Waals surface area contributed by atoms with E-state index in [9.17, 15) is 18.0 Å². The monoisotopic (exact) mass is 409 g/mol. The molecule has 2 rings (SSSR count). The van der Waals surface area contributed by atoms with E-state index in [0.29, 0.717) is 11.4 Å². The van der Waals surface area contributed by atoms with Gasteiger partial charge in [-0.2, -0.15) is 4.31 Å². The molecule has 1 amide bonds. The van der Waals surface area contributed by atoms with Crippen LogP contribution >= 0.6 is 0 Å². The summed E-state index contributed by atoms with van der Waals surface area (Å²) in [5.41, 5.74) is 0.592. The van der Waals surface area contributed by atoms with Crippen LogP contribution in [0.15, 0.2) is 41.4 Å². The molecule has 152 valence electrons. The summed E-state index contributed by atoms with van der Waals surface area (Å²) in [4.78, 5) is 24.0. The summed E-state index contributed by atoms with van der Waals surface area (Å²) < 4.78 is 37.7. The topological polar surface area (TPSA) is 107 Å². The van der Waals surface area contributed by atoms with E-state index in [-0.39, 0.29) is 17.2 Å². The fourth-order valence-electron chi connectivity index (χ4n) is 2.45. The van der Waals surface area contributed by atoms with Gasteiger partial charge >= 0.3 is 5.97 Å². The largest absolute Gasteiger partial charge is 0.497 e. The molecule has 9 nitrogen and oxygen atoms in total. The Kier molecular flexibility index (Phi) is 6.81. The van der Waals surface area contributed by atoms with Gasteiger partial charge in [-0.25, -0.2) is 13.2 Å². The molecule has 0 saturated heterocycles. The maximum absolute atomic E-state index is 12.7. The Bertz CT molecular complexity index is 967. The molecule has 0 aliphatic carbocycles.